The first-order chi connectivity index (χ1) is 8.72. The summed E-state index contributed by atoms with van der Waals surface area (Å²) in [5.74, 6) is 0. The third-order valence-electron chi connectivity index (χ3n) is 2.42. The molecule has 19 heavy (non-hydrogen) atoms. The molecule has 0 aliphatic carbocycles. The van der Waals surface area contributed by atoms with E-state index in [-0.39, 0.29) is 6.04 Å². The van der Waals surface area contributed by atoms with Gasteiger partial charge in [-0.25, -0.2) is 4.79 Å². The van der Waals surface area contributed by atoms with E-state index >= 15 is 0 Å². The maximum Gasteiger partial charge on any atom is 0.410 e. The minimum Gasteiger partial charge on any atom is -0.444 e. The third kappa shape index (κ3) is 4.84. The largest absolute Gasteiger partial charge is 0.444 e. The van der Waals surface area contributed by atoms with Crippen molar-refractivity contribution in [1.82, 2.24) is 4.90 Å². The Morgan fingerprint density at radius 2 is 1.84 bits per heavy atom. The van der Waals surface area contributed by atoms with Gasteiger partial charge in [-0.3, -0.25) is 4.90 Å². The van der Waals surface area contributed by atoms with Crippen LogP contribution in [0.2, 0.25) is 0 Å². The molecule has 104 valence electrons. The predicted molar refractivity (Wildman–Crippen MR) is 84.8 cm³/mol. The molecule has 0 aliphatic heterocycles. The molecular formula is C14H19NO2S2. The summed E-state index contributed by atoms with van der Waals surface area (Å²) in [6.45, 7) is 5.49. The zero-order chi connectivity index (χ0) is 14.6. The SMILES string of the molecule is CN(C(=O)OC(C)(C)C)C(C(=S)S)c1ccccc1. The smallest absolute Gasteiger partial charge is 0.410 e. The first-order valence-corrected chi connectivity index (χ1v) is 6.81. The fourth-order valence-electron chi connectivity index (χ4n) is 1.61. The van der Waals surface area contributed by atoms with Gasteiger partial charge in [-0.1, -0.05) is 42.5 Å². The van der Waals surface area contributed by atoms with Crippen LogP contribution in [0, 0.1) is 0 Å². The van der Waals surface area contributed by atoms with Crippen molar-refractivity contribution in [2.24, 2.45) is 0 Å². The van der Waals surface area contributed by atoms with Crippen molar-refractivity contribution in [3.05, 3.63) is 35.9 Å². The third-order valence-corrected chi connectivity index (χ3v) is 2.89. The topological polar surface area (TPSA) is 29.5 Å². The molecule has 0 heterocycles. The summed E-state index contributed by atoms with van der Waals surface area (Å²) >= 11 is 9.38. The van der Waals surface area contributed by atoms with E-state index in [0.717, 1.165) is 5.56 Å². The summed E-state index contributed by atoms with van der Waals surface area (Å²) in [7, 11) is 1.66. The van der Waals surface area contributed by atoms with Crippen LogP contribution in [-0.4, -0.2) is 27.8 Å². The summed E-state index contributed by atoms with van der Waals surface area (Å²) in [5, 5.41) is 0. The Kier molecular flexibility index (Phi) is 5.38. The molecule has 0 fully saturated rings. The van der Waals surface area contributed by atoms with Crippen LogP contribution in [0.25, 0.3) is 0 Å². The van der Waals surface area contributed by atoms with Crippen molar-refractivity contribution in [3.8, 4) is 0 Å². The molecule has 0 bridgehead atoms. The Bertz CT molecular complexity index is 454. The minimum atomic E-state index is -0.537. The number of hydrogen-bond donors (Lipinski definition) is 1. The maximum atomic E-state index is 12.1. The summed E-state index contributed by atoms with van der Waals surface area (Å²) in [5.41, 5.74) is 0.376. The van der Waals surface area contributed by atoms with Crippen LogP contribution < -0.4 is 0 Å². The molecule has 1 atom stereocenters. The second-order valence-electron chi connectivity index (χ2n) is 5.24. The van der Waals surface area contributed by atoms with E-state index in [4.69, 9.17) is 17.0 Å². The highest BCUT2D eigenvalue weighted by Gasteiger charge is 2.27. The Labute approximate surface area is 125 Å². The number of nitrogens with zero attached hydrogens (tertiary/aromatic N) is 1. The molecule has 0 saturated carbocycles. The second-order valence-corrected chi connectivity index (χ2v) is 6.47. The molecule has 1 rings (SSSR count). The molecule has 0 aromatic heterocycles. The van der Waals surface area contributed by atoms with Crippen LogP contribution in [0.5, 0.6) is 0 Å². The van der Waals surface area contributed by atoms with Crippen molar-refractivity contribution in [2.75, 3.05) is 7.05 Å². The van der Waals surface area contributed by atoms with Gasteiger partial charge in [-0.05, 0) is 26.3 Å². The van der Waals surface area contributed by atoms with E-state index in [1.807, 2.05) is 51.1 Å². The molecule has 0 N–H and O–H groups in total. The van der Waals surface area contributed by atoms with E-state index in [1.54, 1.807) is 7.05 Å². The molecular weight excluding hydrogens is 278 g/mol. The number of amides is 1. The number of rotatable bonds is 3. The normalized spacial score (nSPS) is 12.7. The van der Waals surface area contributed by atoms with Crippen molar-refractivity contribution in [3.63, 3.8) is 0 Å². The molecule has 0 saturated heterocycles. The average molecular weight is 297 g/mol. The zero-order valence-electron chi connectivity index (χ0n) is 11.6. The van der Waals surface area contributed by atoms with E-state index < -0.39 is 11.7 Å². The van der Waals surface area contributed by atoms with Gasteiger partial charge in [-0.2, -0.15) is 0 Å². The van der Waals surface area contributed by atoms with Crippen LogP contribution in [0.3, 0.4) is 0 Å². The molecule has 1 amide bonds. The molecule has 3 nitrogen and oxygen atoms in total. The predicted octanol–water partition coefficient (Wildman–Crippen LogP) is 3.85. The monoisotopic (exact) mass is 297 g/mol. The van der Waals surface area contributed by atoms with Crippen LogP contribution in [0.15, 0.2) is 30.3 Å². The molecule has 0 radical (unpaired) electrons. The molecule has 1 unspecified atom stereocenters. The highest BCUT2D eigenvalue weighted by Crippen LogP contribution is 2.24. The van der Waals surface area contributed by atoms with Crippen LogP contribution in [0.4, 0.5) is 4.79 Å². The van der Waals surface area contributed by atoms with Gasteiger partial charge >= 0.3 is 6.09 Å². The summed E-state index contributed by atoms with van der Waals surface area (Å²) in [6, 6.07) is 9.15. The lowest BCUT2D eigenvalue weighted by Crippen LogP contribution is -2.38. The number of carbonyl (C=O) groups excluding carboxylic acids is 1. The fourth-order valence-corrected chi connectivity index (χ4v) is 2.22. The lowest BCUT2D eigenvalue weighted by Gasteiger charge is -2.30. The number of carbonyl (C=O) groups is 1. The van der Waals surface area contributed by atoms with Gasteiger partial charge in [0.25, 0.3) is 0 Å². The van der Waals surface area contributed by atoms with E-state index in [2.05, 4.69) is 12.6 Å². The van der Waals surface area contributed by atoms with Gasteiger partial charge in [0, 0.05) is 7.05 Å². The molecule has 1 aromatic carbocycles. The second kappa shape index (κ2) is 6.39. The number of thiocarbonyl (C=S) groups is 1. The highest BCUT2D eigenvalue weighted by molar-refractivity contribution is 8.11. The number of ether oxygens (including phenoxy) is 1. The van der Waals surface area contributed by atoms with Gasteiger partial charge in [0.05, 0.1) is 4.20 Å². The van der Waals surface area contributed by atoms with E-state index in [1.165, 1.54) is 4.90 Å². The molecule has 0 aliphatic rings. The lowest BCUT2D eigenvalue weighted by atomic mass is 10.1. The van der Waals surface area contributed by atoms with Gasteiger partial charge in [0.2, 0.25) is 0 Å². The van der Waals surface area contributed by atoms with Crippen molar-refractivity contribution in [2.45, 2.75) is 32.4 Å². The fraction of sp³-hybridized carbons (Fsp3) is 0.429. The first-order valence-electron chi connectivity index (χ1n) is 5.96. The number of benzene rings is 1. The Morgan fingerprint density at radius 3 is 2.26 bits per heavy atom. The summed E-state index contributed by atoms with van der Waals surface area (Å²) in [6.07, 6.45) is -0.419. The maximum absolute atomic E-state index is 12.1. The lowest BCUT2D eigenvalue weighted by molar-refractivity contribution is 0.0269. The quantitative estimate of drug-likeness (QED) is 0.679. The first kappa shape index (κ1) is 16.0. The molecule has 5 heteroatoms. The standard InChI is InChI=1S/C14H19NO2S2/c1-14(2,3)17-13(16)15(4)11(12(18)19)10-8-6-5-7-9-10/h5-9,11H,1-4H3,(H,18,19). The minimum absolute atomic E-state index is 0.380. The summed E-state index contributed by atoms with van der Waals surface area (Å²) in [4.78, 5) is 13.6. The molecule has 1 aromatic rings. The average Bonchev–Trinajstić information content (AvgIpc) is 2.27. The van der Waals surface area contributed by atoms with Crippen LogP contribution >= 0.6 is 24.8 Å². The van der Waals surface area contributed by atoms with E-state index in [9.17, 15) is 4.79 Å². The Balaban J connectivity index is 2.95. The van der Waals surface area contributed by atoms with Gasteiger partial charge in [0.15, 0.2) is 0 Å². The van der Waals surface area contributed by atoms with Crippen LogP contribution in [-0.2, 0) is 4.74 Å². The number of thiol groups is 1. The zero-order valence-corrected chi connectivity index (χ0v) is 13.3. The van der Waals surface area contributed by atoms with Gasteiger partial charge < -0.3 is 4.74 Å². The van der Waals surface area contributed by atoms with Gasteiger partial charge in [0.1, 0.15) is 11.6 Å². The Morgan fingerprint density at radius 1 is 1.32 bits per heavy atom. The van der Waals surface area contributed by atoms with Crippen molar-refractivity contribution >= 4 is 35.1 Å². The Hall–Kier alpha value is -1.07. The number of hydrogen-bond acceptors (Lipinski definition) is 3. The highest BCUT2D eigenvalue weighted by atomic mass is 32.1. The molecule has 0 spiro atoms. The van der Waals surface area contributed by atoms with Crippen molar-refractivity contribution < 1.29 is 9.53 Å². The van der Waals surface area contributed by atoms with Gasteiger partial charge in [-0.15, -0.1) is 12.6 Å². The van der Waals surface area contributed by atoms with Crippen LogP contribution in [0.1, 0.15) is 32.4 Å². The summed E-state index contributed by atoms with van der Waals surface area (Å²) < 4.78 is 5.78. The van der Waals surface area contributed by atoms with Crippen molar-refractivity contribution in [1.29, 1.82) is 0 Å². The van der Waals surface area contributed by atoms with E-state index in [0.29, 0.717) is 4.20 Å².